The van der Waals surface area contributed by atoms with Crippen molar-refractivity contribution < 1.29 is 13.2 Å². The van der Waals surface area contributed by atoms with Gasteiger partial charge in [-0.3, -0.25) is 9.82 Å². The summed E-state index contributed by atoms with van der Waals surface area (Å²) in [6.45, 7) is 3.45. The summed E-state index contributed by atoms with van der Waals surface area (Å²) in [4.78, 5) is 0.0656. The minimum Gasteiger partial charge on any atom is -0.495 e. The molecule has 1 aromatic heterocycles. The predicted molar refractivity (Wildman–Crippen MR) is 76.3 cm³/mol. The van der Waals surface area contributed by atoms with Crippen LogP contribution in [0.2, 0.25) is 0 Å². The van der Waals surface area contributed by atoms with Gasteiger partial charge in [-0.2, -0.15) is 5.10 Å². The van der Waals surface area contributed by atoms with Gasteiger partial charge in [-0.15, -0.1) is 0 Å². The Balaban J connectivity index is 2.38. The number of nitrogens with zero attached hydrogens (tertiary/aromatic N) is 1. The number of aromatic nitrogens is 2. The van der Waals surface area contributed by atoms with Crippen molar-refractivity contribution in [2.45, 2.75) is 18.7 Å². The first-order valence-electron chi connectivity index (χ1n) is 5.83. The van der Waals surface area contributed by atoms with E-state index in [1.165, 1.54) is 25.3 Å². The number of aromatic amines is 1. The molecule has 0 unspecified atom stereocenters. The fourth-order valence-corrected chi connectivity index (χ4v) is 2.99. The van der Waals surface area contributed by atoms with Crippen LogP contribution < -0.4 is 15.2 Å². The fourth-order valence-electron chi connectivity index (χ4n) is 1.77. The number of aryl methyl sites for hydroxylation is 2. The average molecular weight is 296 g/mol. The average Bonchev–Trinajstić information content (AvgIpc) is 2.70. The molecule has 0 fully saturated rings. The normalized spacial score (nSPS) is 11.3. The SMILES string of the molecule is COc1ccc(S(=O)(=O)Nc2c(C)n[nH]c2C)cc1N. The smallest absolute Gasteiger partial charge is 0.262 e. The second kappa shape index (κ2) is 5.04. The van der Waals surface area contributed by atoms with Crippen LogP contribution in [0.5, 0.6) is 5.75 Å². The molecular weight excluding hydrogens is 280 g/mol. The lowest BCUT2D eigenvalue weighted by Crippen LogP contribution is -2.14. The van der Waals surface area contributed by atoms with Crippen molar-refractivity contribution in [2.24, 2.45) is 0 Å². The van der Waals surface area contributed by atoms with Crippen molar-refractivity contribution in [1.29, 1.82) is 0 Å². The zero-order chi connectivity index (χ0) is 14.9. The highest BCUT2D eigenvalue weighted by Gasteiger charge is 2.19. The van der Waals surface area contributed by atoms with E-state index < -0.39 is 10.0 Å². The fraction of sp³-hybridized carbons (Fsp3) is 0.250. The van der Waals surface area contributed by atoms with Crippen molar-refractivity contribution in [3.8, 4) is 5.75 Å². The van der Waals surface area contributed by atoms with E-state index in [9.17, 15) is 8.42 Å². The quantitative estimate of drug-likeness (QED) is 0.739. The number of benzene rings is 1. The van der Waals surface area contributed by atoms with Crippen molar-refractivity contribution in [3.63, 3.8) is 0 Å². The highest BCUT2D eigenvalue weighted by Crippen LogP contribution is 2.26. The van der Waals surface area contributed by atoms with Crippen molar-refractivity contribution in [2.75, 3.05) is 17.6 Å². The molecule has 1 aromatic carbocycles. The van der Waals surface area contributed by atoms with E-state index in [0.29, 0.717) is 22.8 Å². The van der Waals surface area contributed by atoms with E-state index >= 15 is 0 Å². The number of H-pyrrole nitrogens is 1. The molecule has 7 nitrogen and oxygen atoms in total. The lowest BCUT2D eigenvalue weighted by atomic mass is 10.3. The number of hydrogen-bond acceptors (Lipinski definition) is 5. The summed E-state index contributed by atoms with van der Waals surface area (Å²) < 4.78 is 32.1. The molecule has 0 amide bonds. The number of rotatable bonds is 4. The number of ether oxygens (including phenoxy) is 1. The molecule has 0 aliphatic heterocycles. The number of nitrogens with one attached hydrogen (secondary N) is 2. The number of anilines is 2. The maximum atomic E-state index is 12.3. The van der Waals surface area contributed by atoms with E-state index in [1.54, 1.807) is 13.8 Å². The van der Waals surface area contributed by atoms with Crippen LogP contribution in [0.3, 0.4) is 0 Å². The van der Waals surface area contributed by atoms with Gasteiger partial charge in [0.25, 0.3) is 10.0 Å². The summed E-state index contributed by atoms with van der Waals surface area (Å²) in [5.74, 6) is 0.430. The lowest BCUT2D eigenvalue weighted by molar-refractivity contribution is 0.416. The van der Waals surface area contributed by atoms with Crippen LogP contribution in [0.15, 0.2) is 23.1 Å². The maximum absolute atomic E-state index is 12.3. The lowest BCUT2D eigenvalue weighted by Gasteiger charge is -2.10. The van der Waals surface area contributed by atoms with E-state index in [2.05, 4.69) is 14.9 Å². The van der Waals surface area contributed by atoms with Gasteiger partial charge in [0.1, 0.15) is 5.75 Å². The van der Waals surface area contributed by atoms with Crippen LogP contribution in [0.1, 0.15) is 11.4 Å². The van der Waals surface area contributed by atoms with E-state index in [-0.39, 0.29) is 10.6 Å². The molecule has 8 heteroatoms. The van der Waals surface area contributed by atoms with Gasteiger partial charge in [0, 0.05) is 0 Å². The molecule has 0 atom stereocenters. The van der Waals surface area contributed by atoms with Gasteiger partial charge < -0.3 is 10.5 Å². The first-order valence-corrected chi connectivity index (χ1v) is 7.31. The molecular formula is C12H16N4O3S. The molecule has 2 aromatic rings. The molecule has 0 saturated heterocycles. The minimum atomic E-state index is -3.72. The Morgan fingerprint density at radius 3 is 2.55 bits per heavy atom. The van der Waals surface area contributed by atoms with Crippen molar-refractivity contribution in [3.05, 3.63) is 29.6 Å². The highest BCUT2D eigenvalue weighted by atomic mass is 32.2. The third-order valence-electron chi connectivity index (χ3n) is 2.88. The highest BCUT2D eigenvalue weighted by molar-refractivity contribution is 7.92. The van der Waals surface area contributed by atoms with E-state index in [0.717, 1.165) is 0 Å². The van der Waals surface area contributed by atoms with Gasteiger partial charge in [-0.05, 0) is 32.0 Å². The molecule has 0 aliphatic rings. The van der Waals surface area contributed by atoms with Gasteiger partial charge in [-0.1, -0.05) is 0 Å². The van der Waals surface area contributed by atoms with Crippen molar-refractivity contribution in [1.82, 2.24) is 10.2 Å². The second-order valence-corrected chi connectivity index (χ2v) is 6.00. The van der Waals surface area contributed by atoms with Gasteiger partial charge in [-0.25, -0.2) is 8.42 Å². The van der Waals surface area contributed by atoms with Gasteiger partial charge >= 0.3 is 0 Å². The summed E-state index contributed by atoms with van der Waals surface area (Å²) in [6.07, 6.45) is 0. The Morgan fingerprint density at radius 2 is 2.05 bits per heavy atom. The molecule has 1 heterocycles. The summed E-state index contributed by atoms with van der Waals surface area (Å²) in [5, 5.41) is 6.66. The van der Waals surface area contributed by atoms with Crippen LogP contribution in [-0.2, 0) is 10.0 Å². The maximum Gasteiger partial charge on any atom is 0.262 e. The molecule has 0 spiro atoms. The monoisotopic (exact) mass is 296 g/mol. The molecule has 0 aliphatic carbocycles. The van der Waals surface area contributed by atoms with Gasteiger partial charge in [0.05, 0.1) is 34.8 Å². The summed E-state index contributed by atoms with van der Waals surface area (Å²) in [6, 6.07) is 4.30. The Labute approximate surface area is 117 Å². The first-order chi connectivity index (χ1) is 9.35. The molecule has 0 radical (unpaired) electrons. The summed E-state index contributed by atoms with van der Waals surface area (Å²) >= 11 is 0. The number of nitrogen functional groups attached to an aromatic ring is 1. The Morgan fingerprint density at radius 1 is 1.35 bits per heavy atom. The third kappa shape index (κ3) is 2.55. The zero-order valence-corrected chi connectivity index (χ0v) is 12.2. The molecule has 0 saturated carbocycles. The predicted octanol–water partition coefficient (Wildman–Crippen LogP) is 1.42. The van der Waals surface area contributed by atoms with Crippen LogP contribution in [0.4, 0.5) is 11.4 Å². The second-order valence-electron chi connectivity index (χ2n) is 4.32. The first kappa shape index (κ1) is 14.2. The van der Waals surface area contributed by atoms with Crippen LogP contribution in [0, 0.1) is 13.8 Å². The molecule has 0 bridgehead atoms. The molecule has 20 heavy (non-hydrogen) atoms. The summed E-state index contributed by atoms with van der Waals surface area (Å²) in [5.41, 5.74) is 7.65. The van der Waals surface area contributed by atoms with Crippen LogP contribution in [0.25, 0.3) is 0 Å². The minimum absolute atomic E-state index is 0.0656. The molecule has 2 rings (SSSR count). The number of nitrogens with two attached hydrogens (primary N) is 1. The van der Waals surface area contributed by atoms with Crippen LogP contribution >= 0.6 is 0 Å². The van der Waals surface area contributed by atoms with E-state index in [1.807, 2.05) is 0 Å². The largest absolute Gasteiger partial charge is 0.495 e. The third-order valence-corrected chi connectivity index (χ3v) is 4.22. The number of methoxy groups -OCH3 is 1. The van der Waals surface area contributed by atoms with E-state index in [4.69, 9.17) is 10.5 Å². The Kier molecular flexibility index (Phi) is 3.58. The molecule has 108 valence electrons. The van der Waals surface area contributed by atoms with Crippen LogP contribution in [-0.4, -0.2) is 25.7 Å². The Bertz CT molecular complexity index is 718. The number of sulfonamides is 1. The summed E-state index contributed by atoms with van der Waals surface area (Å²) in [7, 11) is -2.25. The molecule has 4 N–H and O–H groups in total. The van der Waals surface area contributed by atoms with Crippen molar-refractivity contribution >= 4 is 21.4 Å². The number of hydrogen-bond donors (Lipinski definition) is 3. The van der Waals surface area contributed by atoms with Gasteiger partial charge in [0.15, 0.2) is 0 Å². The zero-order valence-electron chi connectivity index (χ0n) is 11.4. The van der Waals surface area contributed by atoms with Gasteiger partial charge in [0.2, 0.25) is 0 Å². The standard InChI is InChI=1S/C12H16N4O3S/c1-7-12(8(2)15-14-7)16-20(17,18)9-4-5-11(19-3)10(13)6-9/h4-6,16H,13H2,1-3H3,(H,14,15). The Hall–Kier alpha value is -2.22. The topological polar surface area (TPSA) is 110 Å².